The molecule has 0 fully saturated rings. The van der Waals surface area contributed by atoms with Crippen molar-refractivity contribution in [2.75, 3.05) is 5.32 Å². The highest BCUT2D eigenvalue weighted by Gasteiger charge is 2.14. The average molecular weight is 439 g/mol. The molecule has 158 valence electrons. The molecule has 8 nitrogen and oxygen atoms in total. The second kappa shape index (κ2) is 10.7. The van der Waals surface area contributed by atoms with Crippen LogP contribution < -0.4 is 16.1 Å². The van der Waals surface area contributed by atoms with Gasteiger partial charge in [0, 0.05) is 10.7 Å². The van der Waals surface area contributed by atoms with Gasteiger partial charge >= 0.3 is 11.8 Å². The van der Waals surface area contributed by atoms with Crippen molar-refractivity contribution in [3.05, 3.63) is 88.8 Å². The SMILES string of the molecule is O=C(Cc1ccccc1)N/N=C\c1ccc(CNC(=O)C(=O)Nc2cccc(Cl)c2)o1. The Labute approximate surface area is 183 Å². The average Bonchev–Trinajstić information content (AvgIpc) is 3.20. The van der Waals surface area contributed by atoms with Crippen LogP contribution >= 0.6 is 11.6 Å². The lowest BCUT2D eigenvalue weighted by molar-refractivity contribution is -0.136. The maximum Gasteiger partial charge on any atom is 0.313 e. The Bertz CT molecular complexity index is 1100. The third kappa shape index (κ3) is 7.13. The molecule has 0 unspecified atom stereocenters. The van der Waals surface area contributed by atoms with Gasteiger partial charge in [0.1, 0.15) is 11.5 Å². The molecule has 31 heavy (non-hydrogen) atoms. The summed E-state index contributed by atoms with van der Waals surface area (Å²) in [5, 5.41) is 9.20. The van der Waals surface area contributed by atoms with Gasteiger partial charge < -0.3 is 15.1 Å². The number of anilines is 1. The molecule has 9 heteroatoms. The minimum atomic E-state index is -0.822. The zero-order chi connectivity index (χ0) is 22.1. The van der Waals surface area contributed by atoms with Crippen LogP contribution in [-0.2, 0) is 27.3 Å². The molecule has 0 spiro atoms. The zero-order valence-electron chi connectivity index (χ0n) is 16.3. The van der Waals surface area contributed by atoms with Gasteiger partial charge in [-0.1, -0.05) is 48.0 Å². The summed E-state index contributed by atoms with van der Waals surface area (Å²) in [4.78, 5) is 35.7. The Morgan fingerprint density at radius 1 is 0.968 bits per heavy atom. The molecule has 0 saturated carbocycles. The van der Waals surface area contributed by atoms with Crippen molar-refractivity contribution >= 4 is 41.2 Å². The number of carbonyl (C=O) groups excluding carboxylic acids is 3. The third-order valence-electron chi connectivity index (χ3n) is 3.98. The summed E-state index contributed by atoms with van der Waals surface area (Å²) < 4.78 is 5.48. The molecule has 3 N–H and O–H groups in total. The fraction of sp³-hybridized carbons (Fsp3) is 0.0909. The van der Waals surface area contributed by atoms with Gasteiger partial charge in [-0.3, -0.25) is 14.4 Å². The molecule has 3 amide bonds. The van der Waals surface area contributed by atoms with Crippen LogP contribution in [0.5, 0.6) is 0 Å². The van der Waals surface area contributed by atoms with E-state index < -0.39 is 11.8 Å². The second-order valence-electron chi connectivity index (χ2n) is 6.41. The lowest BCUT2D eigenvalue weighted by Crippen LogP contribution is -2.34. The molecule has 1 heterocycles. The number of hydrogen-bond acceptors (Lipinski definition) is 5. The molecule has 0 aliphatic heterocycles. The van der Waals surface area contributed by atoms with E-state index in [-0.39, 0.29) is 18.9 Å². The summed E-state index contributed by atoms with van der Waals surface area (Å²) in [5.41, 5.74) is 3.72. The molecule has 0 radical (unpaired) electrons. The summed E-state index contributed by atoms with van der Waals surface area (Å²) in [7, 11) is 0. The summed E-state index contributed by atoms with van der Waals surface area (Å²) in [5.74, 6) is -1.10. The van der Waals surface area contributed by atoms with Gasteiger partial charge in [0.15, 0.2) is 0 Å². The predicted molar refractivity (Wildman–Crippen MR) is 117 cm³/mol. The highest BCUT2D eigenvalue weighted by molar-refractivity contribution is 6.39. The highest BCUT2D eigenvalue weighted by Crippen LogP contribution is 2.14. The summed E-state index contributed by atoms with van der Waals surface area (Å²) in [6, 6.07) is 19.0. The molecule has 0 atom stereocenters. The first kappa shape index (κ1) is 21.8. The van der Waals surface area contributed by atoms with Crippen LogP contribution in [0.4, 0.5) is 5.69 Å². The van der Waals surface area contributed by atoms with Gasteiger partial charge in [-0.15, -0.1) is 0 Å². The molecule has 0 aliphatic carbocycles. The van der Waals surface area contributed by atoms with E-state index in [9.17, 15) is 14.4 Å². The number of hydrogen-bond donors (Lipinski definition) is 3. The van der Waals surface area contributed by atoms with E-state index in [0.717, 1.165) is 5.56 Å². The van der Waals surface area contributed by atoms with Crippen LogP contribution in [0.2, 0.25) is 5.02 Å². The van der Waals surface area contributed by atoms with Gasteiger partial charge in [0.05, 0.1) is 19.2 Å². The van der Waals surface area contributed by atoms with Crippen molar-refractivity contribution in [1.82, 2.24) is 10.7 Å². The van der Waals surface area contributed by atoms with E-state index in [1.807, 2.05) is 30.3 Å². The number of amides is 3. The smallest absolute Gasteiger partial charge is 0.313 e. The van der Waals surface area contributed by atoms with Gasteiger partial charge in [-0.2, -0.15) is 5.10 Å². The number of nitrogens with one attached hydrogen (secondary N) is 3. The van der Waals surface area contributed by atoms with Gasteiger partial charge in [-0.05, 0) is 35.9 Å². The first-order valence-electron chi connectivity index (χ1n) is 9.29. The van der Waals surface area contributed by atoms with E-state index in [4.69, 9.17) is 16.0 Å². The van der Waals surface area contributed by atoms with Crippen LogP contribution in [-0.4, -0.2) is 23.9 Å². The maximum atomic E-state index is 11.9. The Morgan fingerprint density at radius 3 is 2.55 bits per heavy atom. The summed E-state index contributed by atoms with van der Waals surface area (Å²) >= 11 is 5.84. The van der Waals surface area contributed by atoms with Gasteiger partial charge in [0.2, 0.25) is 5.91 Å². The Hall–Kier alpha value is -3.91. The largest absolute Gasteiger partial charge is 0.458 e. The topological polar surface area (TPSA) is 113 Å². The van der Waals surface area contributed by atoms with Crippen molar-refractivity contribution in [3.63, 3.8) is 0 Å². The Kier molecular flexibility index (Phi) is 7.56. The molecule has 3 rings (SSSR count). The minimum Gasteiger partial charge on any atom is -0.458 e. The quantitative estimate of drug-likeness (QED) is 0.299. The number of carbonyl (C=O) groups is 3. The van der Waals surface area contributed by atoms with E-state index in [0.29, 0.717) is 22.2 Å². The highest BCUT2D eigenvalue weighted by atomic mass is 35.5. The fourth-order valence-electron chi connectivity index (χ4n) is 2.55. The minimum absolute atomic E-state index is 0.00993. The molecular weight excluding hydrogens is 420 g/mol. The van der Waals surface area contributed by atoms with Crippen molar-refractivity contribution in [2.24, 2.45) is 5.10 Å². The zero-order valence-corrected chi connectivity index (χ0v) is 17.1. The number of furan rings is 1. The molecule has 3 aromatic rings. The van der Waals surface area contributed by atoms with Crippen molar-refractivity contribution in [2.45, 2.75) is 13.0 Å². The van der Waals surface area contributed by atoms with Crippen LogP contribution in [0.25, 0.3) is 0 Å². The molecule has 0 bridgehead atoms. The lowest BCUT2D eigenvalue weighted by Gasteiger charge is -2.05. The second-order valence-corrected chi connectivity index (χ2v) is 6.84. The predicted octanol–water partition coefficient (Wildman–Crippen LogP) is 2.88. The number of hydrazone groups is 1. The number of rotatable bonds is 7. The fourth-order valence-corrected chi connectivity index (χ4v) is 2.74. The van der Waals surface area contributed by atoms with Crippen LogP contribution in [0, 0.1) is 0 Å². The first-order valence-corrected chi connectivity index (χ1v) is 9.66. The van der Waals surface area contributed by atoms with E-state index >= 15 is 0 Å². The number of halogens is 1. The van der Waals surface area contributed by atoms with E-state index in [1.165, 1.54) is 12.3 Å². The summed E-state index contributed by atoms with van der Waals surface area (Å²) in [6.07, 6.45) is 1.56. The molecule has 0 aliphatic rings. The third-order valence-corrected chi connectivity index (χ3v) is 4.22. The molecular formula is C22H19ClN4O4. The van der Waals surface area contributed by atoms with Crippen molar-refractivity contribution < 1.29 is 18.8 Å². The van der Waals surface area contributed by atoms with E-state index in [1.54, 1.807) is 30.3 Å². The Morgan fingerprint density at radius 2 is 1.77 bits per heavy atom. The van der Waals surface area contributed by atoms with Gasteiger partial charge in [-0.25, -0.2) is 5.43 Å². The van der Waals surface area contributed by atoms with Crippen molar-refractivity contribution in [1.29, 1.82) is 0 Å². The monoisotopic (exact) mass is 438 g/mol. The number of nitrogens with zero attached hydrogens (tertiary/aromatic N) is 1. The molecule has 0 saturated heterocycles. The first-order chi connectivity index (χ1) is 15.0. The standard InChI is InChI=1S/C22H19ClN4O4/c23-16-7-4-8-17(12-16)26-22(30)21(29)24-13-18-9-10-19(31-18)14-25-27-20(28)11-15-5-2-1-3-6-15/h1-10,12,14H,11,13H2,(H,24,29)(H,26,30)(H,27,28)/b25-14-. The van der Waals surface area contributed by atoms with Crippen LogP contribution in [0.3, 0.4) is 0 Å². The van der Waals surface area contributed by atoms with E-state index in [2.05, 4.69) is 21.2 Å². The van der Waals surface area contributed by atoms with Crippen LogP contribution in [0.1, 0.15) is 17.1 Å². The maximum absolute atomic E-state index is 11.9. The summed E-state index contributed by atoms with van der Waals surface area (Å²) in [6.45, 7) is 0.00993. The molecule has 1 aromatic heterocycles. The lowest BCUT2D eigenvalue weighted by atomic mass is 10.1. The molecule has 2 aromatic carbocycles. The van der Waals surface area contributed by atoms with Crippen molar-refractivity contribution in [3.8, 4) is 0 Å². The van der Waals surface area contributed by atoms with Gasteiger partial charge in [0.25, 0.3) is 0 Å². The van der Waals surface area contributed by atoms with Crippen LogP contribution in [0.15, 0.2) is 76.2 Å². The normalized spacial score (nSPS) is 10.6. The Balaban J connectivity index is 1.43. The number of benzene rings is 2.